The lowest BCUT2D eigenvalue weighted by atomic mass is 10.1. The summed E-state index contributed by atoms with van der Waals surface area (Å²) in [5, 5.41) is 11.0. The monoisotopic (exact) mass is 327 g/mol. The molecule has 0 fully saturated rings. The molecule has 18 heavy (non-hydrogen) atoms. The van der Waals surface area contributed by atoms with Gasteiger partial charge in [-0.05, 0) is 28.4 Å². The van der Waals surface area contributed by atoms with E-state index in [1.165, 1.54) is 18.3 Å². The van der Waals surface area contributed by atoms with Crippen molar-refractivity contribution in [1.29, 1.82) is 0 Å². The van der Waals surface area contributed by atoms with E-state index >= 15 is 0 Å². The highest BCUT2D eigenvalue weighted by Gasteiger charge is 2.13. The molecule has 7 heteroatoms. The molecule has 0 saturated heterocycles. The van der Waals surface area contributed by atoms with Gasteiger partial charge in [0, 0.05) is 23.9 Å². The lowest BCUT2D eigenvalue weighted by Crippen LogP contribution is -1.95. The van der Waals surface area contributed by atoms with Crippen LogP contribution in [0.2, 0.25) is 5.15 Å². The largest absolute Gasteiger partial charge is 0.270 e. The van der Waals surface area contributed by atoms with Crippen molar-refractivity contribution in [2.45, 2.75) is 6.92 Å². The molecule has 2 aromatic rings. The van der Waals surface area contributed by atoms with Gasteiger partial charge in [-0.3, -0.25) is 10.1 Å². The second-order valence-electron chi connectivity index (χ2n) is 3.59. The molecule has 0 aliphatic carbocycles. The van der Waals surface area contributed by atoms with Crippen LogP contribution in [0.15, 0.2) is 28.9 Å². The van der Waals surface area contributed by atoms with Crippen LogP contribution < -0.4 is 0 Å². The Kier molecular flexibility index (Phi) is 3.58. The lowest BCUT2D eigenvalue weighted by molar-refractivity contribution is -0.384. The summed E-state index contributed by atoms with van der Waals surface area (Å²) in [5.41, 5.74) is 1.44. The number of benzene rings is 1. The third kappa shape index (κ3) is 2.49. The SMILES string of the molecule is Cc1ccc([N+](=O)[O-])cc1-c1ncc(Br)c(Cl)n1. The molecule has 0 spiro atoms. The first-order valence-electron chi connectivity index (χ1n) is 4.92. The van der Waals surface area contributed by atoms with Gasteiger partial charge in [-0.25, -0.2) is 9.97 Å². The Morgan fingerprint density at radius 1 is 1.44 bits per heavy atom. The summed E-state index contributed by atoms with van der Waals surface area (Å²) < 4.78 is 0.580. The van der Waals surface area contributed by atoms with Crippen LogP contribution in [0, 0.1) is 17.0 Å². The maximum absolute atomic E-state index is 10.7. The van der Waals surface area contributed by atoms with Crippen molar-refractivity contribution in [3.8, 4) is 11.4 Å². The summed E-state index contributed by atoms with van der Waals surface area (Å²) in [6.07, 6.45) is 1.52. The smallest absolute Gasteiger partial charge is 0.258 e. The van der Waals surface area contributed by atoms with E-state index in [4.69, 9.17) is 11.6 Å². The number of nitro benzene ring substituents is 1. The van der Waals surface area contributed by atoms with E-state index in [-0.39, 0.29) is 10.8 Å². The molecule has 1 heterocycles. The average Bonchev–Trinajstić information content (AvgIpc) is 2.33. The number of nitrogens with zero attached hydrogens (tertiary/aromatic N) is 3. The van der Waals surface area contributed by atoms with Gasteiger partial charge in [-0.2, -0.15) is 0 Å². The molecule has 1 aromatic heterocycles. The molecule has 0 aliphatic rings. The van der Waals surface area contributed by atoms with Crippen LogP contribution in [-0.2, 0) is 0 Å². The molecule has 0 N–H and O–H groups in total. The van der Waals surface area contributed by atoms with Crippen LogP contribution in [0.1, 0.15) is 5.56 Å². The molecule has 0 aliphatic heterocycles. The molecule has 1 aromatic carbocycles. The Morgan fingerprint density at radius 2 is 2.17 bits per heavy atom. The maximum atomic E-state index is 10.7. The van der Waals surface area contributed by atoms with Gasteiger partial charge in [0.2, 0.25) is 0 Å². The summed E-state index contributed by atoms with van der Waals surface area (Å²) in [6, 6.07) is 4.54. The number of aryl methyl sites for hydroxylation is 1. The second-order valence-corrected chi connectivity index (χ2v) is 4.80. The van der Waals surface area contributed by atoms with Crippen LogP contribution in [0.4, 0.5) is 5.69 Å². The standard InChI is InChI=1S/C11H7BrClN3O2/c1-6-2-3-7(16(17)18)4-8(6)11-14-5-9(12)10(13)15-11/h2-5H,1H3. The number of rotatable bonds is 2. The summed E-state index contributed by atoms with van der Waals surface area (Å²) >= 11 is 9.08. The highest BCUT2D eigenvalue weighted by molar-refractivity contribution is 9.10. The number of halogens is 2. The Bertz CT molecular complexity index is 634. The zero-order valence-corrected chi connectivity index (χ0v) is 11.6. The minimum atomic E-state index is -0.455. The van der Waals surface area contributed by atoms with Gasteiger partial charge in [0.05, 0.1) is 9.40 Å². The fourth-order valence-electron chi connectivity index (χ4n) is 1.44. The van der Waals surface area contributed by atoms with Gasteiger partial charge in [0.1, 0.15) is 5.15 Å². The van der Waals surface area contributed by atoms with E-state index < -0.39 is 4.92 Å². The highest BCUT2D eigenvalue weighted by Crippen LogP contribution is 2.27. The van der Waals surface area contributed by atoms with Crippen LogP contribution in [0.25, 0.3) is 11.4 Å². The van der Waals surface area contributed by atoms with Gasteiger partial charge in [0.15, 0.2) is 5.82 Å². The predicted octanol–water partition coefficient (Wildman–Crippen LogP) is 3.78. The Balaban J connectivity index is 2.58. The number of non-ortho nitro benzene ring substituents is 1. The van der Waals surface area contributed by atoms with Gasteiger partial charge in [-0.15, -0.1) is 0 Å². The predicted molar refractivity (Wildman–Crippen MR) is 71.6 cm³/mol. The van der Waals surface area contributed by atoms with Crippen LogP contribution in [0.3, 0.4) is 0 Å². The molecule has 0 unspecified atom stereocenters. The van der Waals surface area contributed by atoms with Crippen molar-refractivity contribution < 1.29 is 4.92 Å². The quantitative estimate of drug-likeness (QED) is 0.478. The third-order valence-electron chi connectivity index (χ3n) is 2.37. The molecule has 2 rings (SSSR count). The number of nitro groups is 1. The van der Waals surface area contributed by atoms with Crippen LogP contribution >= 0.6 is 27.5 Å². The maximum Gasteiger partial charge on any atom is 0.270 e. The molecule has 0 atom stereocenters. The fraction of sp³-hybridized carbons (Fsp3) is 0.0909. The Morgan fingerprint density at radius 3 is 2.78 bits per heavy atom. The van der Waals surface area contributed by atoms with E-state index in [1.807, 2.05) is 6.92 Å². The first kappa shape index (κ1) is 12.9. The molecule has 5 nitrogen and oxygen atoms in total. The first-order valence-corrected chi connectivity index (χ1v) is 6.09. The van der Waals surface area contributed by atoms with Crippen molar-refractivity contribution in [3.05, 3.63) is 49.7 Å². The first-order chi connectivity index (χ1) is 8.49. The second kappa shape index (κ2) is 4.99. The number of aromatic nitrogens is 2. The Labute approximate surface area is 116 Å². The normalized spacial score (nSPS) is 10.4. The van der Waals surface area contributed by atoms with E-state index in [1.54, 1.807) is 6.07 Å². The van der Waals surface area contributed by atoms with E-state index in [0.29, 0.717) is 15.9 Å². The molecule has 92 valence electrons. The van der Waals surface area contributed by atoms with E-state index in [0.717, 1.165) is 5.56 Å². The lowest BCUT2D eigenvalue weighted by Gasteiger charge is -2.05. The summed E-state index contributed by atoms with van der Waals surface area (Å²) in [6.45, 7) is 1.83. The molecule has 0 radical (unpaired) electrons. The van der Waals surface area contributed by atoms with Crippen molar-refractivity contribution >= 4 is 33.2 Å². The topological polar surface area (TPSA) is 68.9 Å². The fourth-order valence-corrected chi connectivity index (χ4v) is 1.76. The van der Waals surface area contributed by atoms with Crippen molar-refractivity contribution in [3.63, 3.8) is 0 Å². The minimum absolute atomic E-state index is 0.00163. The highest BCUT2D eigenvalue weighted by atomic mass is 79.9. The zero-order valence-electron chi connectivity index (χ0n) is 9.22. The molecular formula is C11H7BrClN3O2. The minimum Gasteiger partial charge on any atom is -0.258 e. The third-order valence-corrected chi connectivity index (χ3v) is 3.47. The molecule has 0 saturated carbocycles. The number of hydrogen-bond acceptors (Lipinski definition) is 4. The zero-order chi connectivity index (χ0) is 13.3. The summed E-state index contributed by atoms with van der Waals surface area (Å²) in [7, 11) is 0. The van der Waals surface area contributed by atoms with Gasteiger partial charge in [-0.1, -0.05) is 17.7 Å². The van der Waals surface area contributed by atoms with Crippen molar-refractivity contribution in [1.82, 2.24) is 9.97 Å². The van der Waals surface area contributed by atoms with Crippen LogP contribution in [-0.4, -0.2) is 14.9 Å². The van der Waals surface area contributed by atoms with Gasteiger partial charge < -0.3 is 0 Å². The van der Waals surface area contributed by atoms with Crippen LogP contribution in [0.5, 0.6) is 0 Å². The van der Waals surface area contributed by atoms with Crippen molar-refractivity contribution in [2.24, 2.45) is 0 Å². The van der Waals surface area contributed by atoms with Gasteiger partial charge >= 0.3 is 0 Å². The molecule has 0 amide bonds. The van der Waals surface area contributed by atoms with E-state index in [9.17, 15) is 10.1 Å². The van der Waals surface area contributed by atoms with Crippen molar-refractivity contribution in [2.75, 3.05) is 0 Å². The molecular weight excluding hydrogens is 321 g/mol. The average molecular weight is 329 g/mol. The Hall–Kier alpha value is -1.53. The summed E-state index contributed by atoms with van der Waals surface area (Å²) in [5.74, 6) is 0.365. The van der Waals surface area contributed by atoms with Gasteiger partial charge in [0.25, 0.3) is 5.69 Å². The molecule has 0 bridgehead atoms. The summed E-state index contributed by atoms with van der Waals surface area (Å²) in [4.78, 5) is 18.5. The van der Waals surface area contributed by atoms with E-state index in [2.05, 4.69) is 25.9 Å². The number of hydrogen-bond donors (Lipinski definition) is 0.